The highest BCUT2D eigenvalue weighted by atomic mass is 16.5. The second kappa shape index (κ2) is 10.9. The van der Waals surface area contributed by atoms with Crippen molar-refractivity contribution in [2.75, 3.05) is 46.4 Å². The van der Waals surface area contributed by atoms with Crippen LogP contribution in [0.3, 0.4) is 0 Å². The van der Waals surface area contributed by atoms with Crippen molar-refractivity contribution in [1.29, 1.82) is 0 Å². The Kier molecular flexibility index (Phi) is 8.54. The molecule has 1 atom stereocenters. The molecule has 1 heterocycles. The molecule has 1 aromatic rings. The van der Waals surface area contributed by atoms with Crippen LogP contribution in [0.2, 0.25) is 0 Å². The van der Waals surface area contributed by atoms with Crippen molar-refractivity contribution in [3.05, 3.63) is 29.8 Å². The Labute approximate surface area is 161 Å². The Morgan fingerprint density at radius 1 is 1.33 bits per heavy atom. The van der Waals surface area contributed by atoms with Gasteiger partial charge >= 0.3 is 5.97 Å². The molecule has 0 bridgehead atoms. The molecule has 0 aliphatic carbocycles. The molecule has 0 spiro atoms. The van der Waals surface area contributed by atoms with Crippen LogP contribution in [0, 0.1) is 6.92 Å². The number of hydrogen-bond donors (Lipinski definition) is 2. The summed E-state index contributed by atoms with van der Waals surface area (Å²) in [5.74, 6) is 0.0133. The molecule has 1 aliphatic rings. The zero-order valence-electron chi connectivity index (χ0n) is 16.3. The van der Waals surface area contributed by atoms with Gasteiger partial charge in [-0.25, -0.2) is 0 Å². The largest absolute Gasteiger partial charge is 0.492 e. The van der Waals surface area contributed by atoms with E-state index in [1.54, 1.807) is 0 Å². The number of amides is 1. The highest BCUT2D eigenvalue weighted by Crippen LogP contribution is 2.15. The van der Waals surface area contributed by atoms with Crippen LogP contribution in [-0.4, -0.2) is 79.2 Å². The number of aliphatic carboxylic acids is 1. The number of likely N-dealkylation sites (tertiary alicyclic amines) is 1. The number of ether oxygens (including phenoxy) is 1. The third-order valence-electron chi connectivity index (χ3n) is 4.85. The SMILES string of the molecule is Cc1cccc(OCCNC(=O)CN2CCCC(N(C)CC(=O)O)CC2)c1. The van der Waals surface area contributed by atoms with Crippen molar-refractivity contribution in [1.82, 2.24) is 15.1 Å². The van der Waals surface area contributed by atoms with Gasteiger partial charge in [-0.15, -0.1) is 0 Å². The zero-order chi connectivity index (χ0) is 19.6. The molecule has 7 heteroatoms. The Balaban J connectivity index is 1.64. The molecular weight excluding hydrogens is 346 g/mol. The standard InChI is InChI=1S/C20H31N3O4/c1-16-5-3-7-18(13-16)27-12-9-21-19(24)14-23-10-4-6-17(8-11-23)22(2)15-20(25)26/h3,5,7,13,17H,4,6,8-12,14-15H2,1-2H3,(H,21,24)(H,25,26). The first-order chi connectivity index (χ1) is 12.9. The monoisotopic (exact) mass is 377 g/mol. The zero-order valence-corrected chi connectivity index (χ0v) is 16.3. The molecule has 0 radical (unpaired) electrons. The highest BCUT2D eigenvalue weighted by molar-refractivity contribution is 5.78. The Hall–Kier alpha value is -2.12. The summed E-state index contributed by atoms with van der Waals surface area (Å²) in [6.07, 6.45) is 2.82. The number of nitrogens with one attached hydrogen (secondary N) is 1. The third-order valence-corrected chi connectivity index (χ3v) is 4.85. The van der Waals surface area contributed by atoms with Gasteiger partial charge in [0.05, 0.1) is 19.6 Å². The van der Waals surface area contributed by atoms with Crippen molar-refractivity contribution in [2.45, 2.75) is 32.2 Å². The lowest BCUT2D eigenvalue weighted by Crippen LogP contribution is -2.40. The lowest BCUT2D eigenvalue weighted by atomic mass is 10.1. The third kappa shape index (κ3) is 7.97. The molecule has 1 amide bonds. The van der Waals surface area contributed by atoms with E-state index in [2.05, 4.69) is 10.2 Å². The van der Waals surface area contributed by atoms with Crippen molar-refractivity contribution in [3.8, 4) is 5.75 Å². The van der Waals surface area contributed by atoms with Crippen molar-refractivity contribution < 1.29 is 19.4 Å². The topological polar surface area (TPSA) is 82.1 Å². The average molecular weight is 377 g/mol. The quantitative estimate of drug-likeness (QED) is 0.633. The lowest BCUT2D eigenvalue weighted by Gasteiger charge is -2.25. The Morgan fingerprint density at radius 2 is 2.15 bits per heavy atom. The number of carboxylic acids is 1. The summed E-state index contributed by atoms with van der Waals surface area (Å²) >= 11 is 0. The number of hydrogen-bond acceptors (Lipinski definition) is 5. The number of carbonyl (C=O) groups is 2. The molecule has 1 saturated heterocycles. The second-order valence-corrected chi connectivity index (χ2v) is 7.18. The Morgan fingerprint density at radius 3 is 2.89 bits per heavy atom. The molecule has 1 unspecified atom stereocenters. The van der Waals surface area contributed by atoms with E-state index in [0.717, 1.165) is 43.7 Å². The number of nitrogens with zero attached hydrogens (tertiary/aromatic N) is 2. The van der Waals surface area contributed by atoms with Crippen LogP contribution in [0.4, 0.5) is 0 Å². The summed E-state index contributed by atoms with van der Waals surface area (Å²) in [7, 11) is 1.86. The van der Waals surface area contributed by atoms with Gasteiger partial charge in [-0.05, 0) is 57.5 Å². The van der Waals surface area contributed by atoms with Crippen LogP contribution in [0.15, 0.2) is 24.3 Å². The minimum absolute atomic E-state index is 0.000169. The van der Waals surface area contributed by atoms with Crippen LogP contribution < -0.4 is 10.1 Å². The maximum Gasteiger partial charge on any atom is 0.317 e. The first-order valence-electron chi connectivity index (χ1n) is 9.54. The van der Waals surface area contributed by atoms with Crippen molar-refractivity contribution in [3.63, 3.8) is 0 Å². The van der Waals surface area contributed by atoms with Crippen LogP contribution in [0.25, 0.3) is 0 Å². The first kappa shape index (κ1) is 21.2. The van der Waals surface area contributed by atoms with Gasteiger partial charge in [0.15, 0.2) is 0 Å². The van der Waals surface area contributed by atoms with Crippen molar-refractivity contribution >= 4 is 11.9 Å². The van der Waals surface area contributed by atoms with Gasteiger partial charge in [0, 0.05) is 12.6 Å². The summed E-state index contributed by atoms with van der Waals surface area (Å²) in [4.78, 5) is 27.1. The smallest absolute Gasteiger partial charge is 0.317 e. The van der Waals surface area contributed by atoms with E-state index in [-0.39, 0.29) is 18.5 Å². The Bertz CT molecular complexity index is 623. The fraction of sp³-hybridized carbons (Fsp3) is 0.600. The maximum atomic E-state index is 12.2. The van der Waals surface area contributed by atoms with Gasteiger partial charge in [0.2, 0.25) is 5.91 Å². The number of benzene rings is 1. The van der Waals surface area contributed by atoms with Crippen LogP contribution in [0.5, 0.6) is 5.75 Å². The fourth-order valence-electron chi connectivity index (χ4n) is 3.40. The second-order valence-electron chi connectivity index (χ2n) is 7.18. The van der Waals surface area contributed by atoms with Gasteiger partial charge in [-0.1, -0.05) is 12.1 Å². The van der Waals surface area contributed by atoms with Gasteiger partial charge in [-0.2, -0.15) is 0 Å². The van der Waals surface area contributed by atoms with Crippen LogP contribution in [0.1, 0.15) is 24.8 Å². The average Bonchev–Trinajstić information content (AvgIpc) is 2.84. The van der Waals surface area contributed by atoms with E-state index in [4.69, 9.17) is 9.84 Å². The lowest BCUT2D eigenvalue weighted by molar-refractivity contribution is -0.138. The highest BCUT2D eigenvalue weighted by Gasteiger charge is 2.22. The summed E-state index contributed by atoms with van der Waals surface area (Å²) in [6, 6.07) is 8.10. The maximum absolute atomic E-state index is 12.2. The molecule has 2 rings (SSSR count). The summed E-state index contributed by atoms with van der Waals surface area (Å²) < 4.78 is 5.64. The van der Waals surface area contributed by atoms with Gasteiger partial charge < -0.3 is 15.2 Å². The molecule has 0 aromatic heterocycles. The van der Waals surface area contributed by atoms with Crippen LogP contribution in [-0.2, 0) is 9.59 Å². The first-order valence-corrected chi connectivity index (χ1v) is 9.54. The number of carbonyl (C=O) groups excluding carboxylic acids is 1. The molecule has 2 N–H and O–H groups in total. The predicted octanol–water partition coefficient (Wildman–Crippen LogP) is 1.36. The number of rotatable bonds is 9. The minimum atomic E-state index is -0.800. The molecule has 1 fully saturated rings. The molecule has 0 saturated carbocycles. The van der Waals surface area contributed by atoms with Crippen molar-refractivity contribution in [2.24, 2.45) is 0 Å². The molecule has 1 aromatic carbocycles. The summed E-state index contributed by atoms with van der Waals surface area (Å²) in [5, 5.41) is 11.8. The molecule has 27 heavy (non-hydrogen) atoms. The van der Waals surface area contributed by atoms with Gasteiger partial charge in [-0.3, -0.25) is 19.4 Å². The van der Waals surface area contributed by atoms with E-state index in [9.17, 15) is 9.59 Å². The van der Waals surface area contributed by atoms with E-state index in [0.29, 0.717) is 19.7 Å². The van der Waals surface area contributed by atoms with E-state index in [1.807, 2.05) is 43.1 Å². The van der Waals surface area contributed by atoms with Crippen LogP contribution >= 0.6 is 0 Å². The number of likely N-dealkylation sites (N-methyl/N-ethyl adjacent to an activating group) is 1. The molecule has 150 valence electrons. The number of aryl methyl sites for hydroxylation is 1. The van der Waals surface area contributed by atoms with Gasteiger partial charge in [0.25, 0.3) is 0 Å². The van der Waals surface area contributed by atoms with E-state index in [1.165, 1.54) is 0 Å². The molecular formula is C20H31N3O4. The fourth-order valence-corrected chi connectivity index (χ4v) is 3.40. The summed E-state index contributed by atoms with van der Waals surface area (Å²) in [6.45, 7) is 5.04. The predicted molar refractivity (Wildman–Crippen MR) is 104 cm³/mol. The van der Waals surface area contributed by atoms with Gasteiger partial charge in [0.1, 0.15) is 12.4 Å². The van der Waals surface area contributed by atoms with E-state index < -0.39 is 5.97 Å². The summed E-state index contributed by atoms with van der Waals surface area (Å²) in [5.41, 5.74) is 1.14. The molecule has 1 aliphatic heterocycles. The molecule has 7 nitrogen and oxygen atoms in total. The van der Waals surface area contributed by atoms with E-state index >= 15 is 0 Å². The normalized spacial score (nSPS) is 18.1. The number of carboxylic acid groups (broad SMARTS) is 1. The minimum Gasteiger partial charge on any atom is -0.492 e.